The van der Waals surface area contributed by atoms with Gasteiger partial charge in [0.2, 0.25) is 0 Å². The van der Waals surface area contributed by atoms with Gasteiger partial charge in [-0.05, 0) is 6.07 Å². The van der Waals surface area contributed by atoms with Gasteiger partial charge in [0, 0.05) is 23.0 Å². The lowest BCUT2D eigenvalue weighted by molar-refractivity contribution is -0.131. The van der Waals surface area contributed by atoms with Crippen LogP contribution in [0.15, 0.2) is 24.3 Å². The zero-order valence-electron chi connectivity index (χ0n) is 10.2. The van der Waals surface area contributed by atoms with Crippen LogP contribution in [-0.2, 0) is 10.5 Å². The van der Waals surface area contributed by atoms with Gasteiger partial charge in [0.15, 0.2) is 0 Å². The molecular weight excluding hydrogens is 220 g/mol. The summed E-state index contributed by atoms with van der Waals surface area (Å²) in [6.45, 7) is 7.94. The molecule has 0 aliphatic rings. The van der Waals surface area contributed by atoms with E-state index in [1.165, 1.54) is 6.92 Å². The SMILES string of the molecule is CC(=O)Oc1ccccc1CSC(C)(C)C. The summed E-state index contributed by atoms with van der Waals surface area (Å²) in [5.74, 6) is 1.26. The molecule has 1 aromatic carbocycles. The van der Waals surface area contributed by atoms with Crippen molar-refractivity contribution in [2.75, 3.05) is 0 Å². The lowest BCUT2D eigenvalue weighted by Crippen LogP contribution is -2.08. The number of carbonyl (C=O) groups is 1. The van der Waals surface area contributed by atoms with Gasteiger partial charge in [0.05, 0.1) is 0 Å². The molecular formula is C13H18O2S. The Morgan fingerprint density at radius 1 is 1.31 bits per heavy atom. The summed E-state index contributed by atoms with van der Waals surface area (Å²) in [7, 11) is 0. The minimum atomic E-state index is -0.270. The number of hydrogen-bond donors (Lipinski definition) is 0. The van der Waals surface area contributed by atoms with Crippen LogP contribution in [0, 0.1) is 0 Å². The molecule has 1 rings (SSSR count). The summed E-state index contributed by atoms with van der Waals surface area (Å²) in [6, 6.07) is 7.67. The van der Waals surface area contributed by atoms with Crippen LogP contribution < -0.4 is 4.74 Å². The van der Waals surface area contributed by atoms with E-state index in [-0.39, 0.29) is 10.7 Å². The van der Waals surface area contributed by atoms with Gasteiger partial charge in [-0.3, -0.25) is 4.79 Å². The van der Waals surface area contributed by atoms with Gasteiger partial charge in [-0.1, -0.05) is 39.0 Å². The van der Waals surface area contributed by atoms with Gasteiger partial charge < -0.3 is 4.74 Å². The molecule has 0 bridgehead atoms. The molecule has 0 radical (unpaired) electrons. The topological polar surface area (TPSA) is 26.3 Å². The van der Waals surface area contributed by atoms with Crippen molar-refractivity contribution < 1.29 is 9.53 Å². The zero-order valence-corrected chi connectivity index (χ0v) is 11.1. The Morgan fingerprint density at radius 2 is 1.94 bits per heavy atom. The van der Waals surface area contributed by atoms with E-state index in [2.05, 4.69) is 20.8 Å². The Kier molecular flexibility index (Phi) is 4.42. The van der Waals surface area contributed by atoms with Crippen molar-refractivity contribution in [1.82, 2.24) is 0 Å². The predicted octanol–water partition coefficient (Wildman–Crippen LogP) is 3.64. The maximum absolute atomic E-state index is 10.9. The average Bonchev–Trinajstić information content (AvgIpc) is 2.14. The molecule has 0 spiro atoms. The van der Waals surface area contributed by atoms with E-state index in [4.69, 9.17) is 4.74 Å². The van der Waals surface area contributed by atoms with Crippen molar-refractivity contribution >= 4 is 17.7 Å². The molecule has 16 heavy (non-hydrogen) atoms. The molecule has 2 nitrogen and oxygen atoms in total. The standard InChI is InChI=1S/C13H18O2S/c1-10(14)15-12-8-6-5-7-11(12)9-16-13(2,3)4/h5-8H,9H2,1-4H3. The van der Waals surface area contributed by atoms with Crippen LogP contribution in [0.1, 0.15) is 33.3 Å². The second kappa shape index (κ2) is 5.39. The number of hydrogen-bond acceptors (Lipinski definition) is 3. The van der Waals surface area contributed by atoms with Gasteiger partial charge in [0.1, 0.15) is 5.75 Å². The maximum Gasteiger partial charge on any atom is 0.308 e. The highest BCUT2D eigenvalue weighted by Crippen LogP contribution is 2.30. The third kappa shape index (κ3) is 4.71. The summed E-state index contributed by atoms with van der Waals surface area (Å²) < 4.78 is 5.37. The fraction of sp³-hybridized carbons (Fsp3) is 0.462. The molecule has 0 unspecified atom stereocenters. The molecule has 0 saturated carbocycles. The quantitative estimate of drug-likeness (QED) is 0.594. The maximum atomic E-state index is 10.9. The Bertz CT molecular complexity index is 366. The number of carbonyl (C=O) groups excluding carboxylic acids is 1. The van der Waals surface area contributed by atoms with Crippen LogP contribution >= 0.6 is 11.8 Å². The molecule has 88 valence electrons. The lowest BCUT2D eigenvalue weighted by atomic mass is 10.2. The van der Waals surface area contributed by atoms with Crippen molar-refractivity contribution in [3.05, 3.63) is 29.8 Å². The second-order valence-electron chi connectivity index (χ2n) is 4.60. The third-order valence-electron chi connectivity index (χ3n) is 1.89. The van der Waals surface area contributed by atoms with Gasteiger partial charge in [0.25, 0.3) is 0 Å². The van der Waals surface area contributed by atoms with Crippen LogP contribution in [0.4, 0.5) is 0 Å². The van der Waals surface area contributed by atoms with Gasteiger partial charge in [-0.15, -0.1) is 0 Å². The Hall–Kier alpha value is -0.960. The normalized spacial score (nSPS) is 11.2. The molecule has 0 fully saturated rings. The second-order valence-corrected chi connectivity index (χ2v) is 6.40. The van der Waals surface area contributed by atoms with Crippen molar-refractivity contribution in [1.29, 1.82) is 0 Å². The summed E-state index contributed by atoms with van der Waals surface area (Å²) in [5, 5.41) is 0. The first kappa shape index (κ1) is 13.1. The Balaban J connectivity index is 2.75. The first-order valence-corrected chi connectivity index (χ1v) is 6.27. The largest absolute Gasteiger partial charge is 0.426 e. The molecule has 0 heterocycles. The molecule has 0 aliphatic heterocycles. The first-order valence-electron chi connectivity index (χ1n) is 5.29. The van der Waals surface area contributed by atoms with Gasteiger partial charge in [-0.2, -0.15) is 11.8 Å². The number of para-hydroxylation sites is 1. The molecule has 3 heteroatoms. The van der Waals surface area contributed by atoms with E-state index >= 15 is 0 Å². The summed E-state index contributed by atoms with van der Waals surface area (Å²) in [6.07, 6.45) is 0. The van der Waals surface area contributed by atoms with Crippen LogP contribution in [0.25, 0.3) is 0 Å². The average molecular weight is 238 g/mol. The molecule has 0 aromatic heterocycles. The van der Waals surface area contributed by atoms with Gasteiger partial charge >= 0.3 is 5.97 Å². The van der Waals surface area contributed by atoms with Crippen molar-refractivity contribution in [3.8, 4) is 5.75 Å². The monoisotopic (exact) mass is 238 g/mol. The van der Waals surface area contributed by atoms with E-state index in [1.54, 1.807) is 0 Å². The highest BCUT2D eigenvalue weighted by atomic mass is 32.2. The fourth-order valence-electron chi connectivity index (χ4n) is 1.17. The van der Waals surface area contributed by atoms with E-state index in [0.717, 1.165) is 11.3 Å². The highest BCUT2D eigenvalue weighted by molar-refractivity contribution is 7.99. The predicted molar refractivity (Wildman–Crippen MR) is 68.8 cm³/mol. The van der Waals surface area contributed by atoms with Crippen molar-refractivity contribution in [3.63, 3.8) is 0 Å². The van der Waals surface area contributed by atoms with E-state index in [1.807, 2.05) is 36.0 Å². The van der Waals surface area contributed by atoms with Crippen molar-refractivity contribution in [2.45, 2.75) is 38.2 Å². The molecule has 1 aromatic rings. The molecule has 0 amide bonds. The van der Waals surface area contributed by atoms with Crippen molar-refractivity contribution in [2.24, 2.45) is 0 Å². The molecule has 0 saturated heterocycles. The highest BCUT2D eigenvalue weighted by Gasteiger charge is 2.13. The number of esters is 1. The third-order valence-corrected chi connectivity index (χ3v) is 3.21. The molecule has 0 atom stereocenters. The summed E-state index contributed by atoms with van der Waals surface area (Å²) >= 11 is 1.84. The zero-order chi connectivity index (χ0) is 12.2. The van der Waals surface area contributed by atoms with Crippen LogP contribution in [0.2, 0.25) is 0 Å². The lowest BCUT2D eigenvalue weighted by Gasteiger charge is -2.18. The van der Waals surface area contributed by atoms with E-state index in [0.29, 0.717) is 5.75 Å². The van der Waals surface area contributed by atoms with Gasteiger partial charge in [-0.25, -0.2) is 0 Å². The smallest absolute Gasteiger partial charge is 0.308 e. The van der Waals surface area contributed by atoms with E-state index in [9.17, 15) is 4.79 Å². The Labute approximate surface area is 101 Å². The number of rotatable bonds is 3. The minimum absolute atomic E-state index is 0.212. The first-order chi connectivity index (χ1) is 7.38. The van der Waals surface area contributed by atoms with Crippen LogP contribution in [0.3, 0.4) is 0 Å². The van der Waals surface area contributed by atoms with Crippen LogP contribution in [-0.4, -0.2) is 10.7 Å². The molecule has 0 N–H and O–H groups in total. The summed E-state index contributed by atoms with van der Waals surface area (Å²) in [4.78, 5) is 10.9. The number of ether oxygens (including phenoxy) is 1. The number of benzene rings is 1. The van der Waals surface area contributed by atoms with E-state index < -0.39 is 0 Å². The fourth-order valence-corrected chi connectivity index (χ4v) is 2.00. The molecule has 0 aliphatic carbocycles. The minimum Gasteiger partial charge on any atom is -0.426 e. The summed E-state index contributed by atoms with van der Waals surface area (Å²) in [5.41, 5.74) is 1.07. The van der Waals surface area contributed by atoms with Crippen LogP contribution in [0.5, 0.6) is 5.75 Å². The number of thioether (sulfide) groups is 1. The Morgan fingerprint density at radius 3 is 2.50 bits per heavy atom.